The molecule has 0 spiro atoms. The lowest BCUT2D eigenvalue weighted by atomic mass is 9.94. The van der Waals surface area contributed by atoms with Crippen molar-refractivity contribution in [3.05, 3.63) is 29.8 Å². The number of benzene rings is 1. The second kappa shape index (κ2) is 25.5. The van der Waals surface area contributed by atoms with Crippen LogP contribution in [0.1, 0.15) is 156 Å². The van der Waals surface area contributed by atoms with Gasteiger partial charge in [-0.1, -0.05) is 130 Å². The minimum absolute atomic E-state index is 0.0747. The fraction of sp³-hybridized carbons (Fsp3) is 0.825. The summed E-state index contributed by atoms with van der Waals surface area (Å²) in [6.07, 6.45) is 22.1. The number of unbranched alkanes of at least 4 members (excludes halogenated alkanes) is 12. The Morgan fingerprint density at radius 1 is 0.776 bits per heavy atom. The van der Waals surface area contributed by atoms with Crippen LogP contribution in [0.2, 0.25) is 18.1 Å². The average molecular weight is 726 g/mol. The molecule has 286 valence electrons. The molecule has 0 N–H and O–H groups in total. The number of carbonyl (C=O) groups excluding carboxylic acids is 1. The van der Waals surface area contributed by atoms with E-state index in [1.54, 1.807) is 0 Å². The van der Waals surface area contributed by atoms with E-state index in [-0.39, 0.29) is 17.6 Å². The molecular formula is C40H75NO6SSi. The number of nitrogens with zero attached hydrogens (tertiary/aromatic N) is 1. The van der Waals surface area contributed by atoms with E-state index in [1.807, 2.05) is 12.1 Å². The van der Waals surface area contributed by atoms with Gasteiger partial charge in [0.25, 0.3) is 10.1 Å². The molecule has 0 unspecified atom stereocenters. The minimum Gasteiger partial charge on any atom is -0.544 e. The highest BCUT2D eigenvalue weighted by Crippen LogP contribution is 2.37. The van der Waals surface area contributed by atoms with Crippen LogP contribution >= 0.6 is 0 Å². The Morgan fingerprint density at radius 2 is 1.31 bits per heavy atom. The number of rotatable bonds is 30. The zero-order chi connectivity index (χ0) is 36.6. The molecule has 0 aromatic heterocycles. The van der Waals surface area contributed by atoms with Crippen LogP contribution in [0.5, 0.6) is 5.75 Å². The van der Waals surface area contributed by atoms with Gasteiger partial charge in [-0.05, 0) is 74.0 Å². The van der Waals surface area contributed by atoms with E-state index < -0.39 is 18.4 Å². The van der Waals surface area contributed by atoms with Crippen molar-refractivity contribution in [3.8, 4) is 5.75 Å². The van der Waals surface area contributed by atoms with Crippen LogP contribution in [0.4, 0.5) is 0 Å². The lowest BCUT2D eigenvalue weighted by molar-refractivity contribution is -0.145. The van der Waals surface area contributed by atoms with Crippen LogP contribution < -0.4 is 4.43 Å². The monoisotopic (exact) mass is 726 g/mol. The molecule has 0 atom stereocenters. The largest absolute Gasteiger partial charge is 0.544 e. The Balaban J connectivity index is 2.55. The van der Waals surface area contributed by atoms with E-state index in [2.05, 4.69) is 64.7 Å². The van der Waals surface area contributed by atoms with Gasteiger partial charge in [0.1, 0.15) is 5.75 Å². The van der Waals surface area contributed by atoms with E-state index in [4.69, 9.17) is 13.3 Å². The molecule has 1 rings (SSSR count). The highest BCUT2D eigenvalue weighted by Gasteiger charge is 2.38. The molecule has 0 aliphatic carbocycles. The van der Waals surface area contributed by atoms with Crippen LogP contribution in [0.3, 0.4) is 0 Å². The first-order chi connectivity index (χ1) is 23.2. The molecular weight excluding hydrogens is 651 g/mol. The number of hydrogen-bond donors (Lipinski definition) is 0. The number of esters is 1. The third-order valence-electron chi connectivity index (χ3n) is 9.98. The fourth-order valence-corrected chi connectivity index (χ4v) is 7.17. The van der Waals surface area contributed by atoms with Gasteiger partial charge in [0.2, 0.25) is 8.32 Å². The molecule has 0 aliphatic heterocycles. The van der Waals surface area contributed by atoms with Gasteiger partial charge < -0.3 is 9.16 Å². The predicted octanol–water partition coefficient (Wildman–Crippen LogP) is 11.1. The maximum atomic E-state index is 12.7. The van der Waals surface area contributed by atoms with Crippen LogP contribution in [0.25, 0.3) is 0 Å². The minimum atomic E-state index is -3.49. The molecule has 49 heavy (non-hydrogen) atoms. The van der Waals surface area contributed by atoms with E-state index in [1.165, 1.54) is 89.9 Å². The Morgan fingerprint density at radius 3 is 1.84 bits per heavy atom. The SMILES string of the molecule is CCCCCCCCC(CCCCCCCC)COC(=O)CCCCCN(CCOS(C)(=O)=O)Cc1ccc(O[Si](C)(C)C(C)(C)C)cc1. The first kappa shape index (κ1) is 45.6. The summed E-state index contributed by atoms with van der Waals surface area (Å²) >= 11 is 0. The van der Waals surface area contributed by atoms with Crippen LogP contribution in [0.15, 0.2) is 24.3 Å². The Kier molecular flexibility index (Phi) is 23.7. The van der Waals surface area contributed by atoms with Crippen molar-refractivity contribution in [3.63, 3.8) is 0 Å². The standard InChI is InChI=1S/C40H75NO6SSi/c1-9-11-13-15-17-20-24-37(25-21-18-16-14-12-10-2)35-45-39(42)26-22-19-23-31-41(32-33-46-48(6,43)44)34-36-27-29-38(30-28-36)47-49(7,8)40(3,4)5/h27-30,37H,9-26,31-35H2,1-8H3. The molecule has 0 amide bonds. The van der Waals surface area contributed by atoms with Crippen LogP contribution in [-0.4, -0.2) is 60.2 Å². The Bertz CT molecular complexity index is 1070. The molecule has 0 heterocycles. The summed E-state index contributed by atoms with van der Waals surface area (Å²) in [6.45, 7) is 18.4. The summed E-state index contributed by atoms with van der Waals surface area (Å²) in [5.41, 5.74) is 1.14. The molecule has 0 radical (unpaired) electrons. The second-order valence-electron chi connectivity index (χ2n) is 15.8. The Hall–Kier alpha value is -1.42. The molecule has 1 aromatic carbocycles. The molecule has 0 saturated carbocycles. The lowest BCUT2D eigenvalue weighted by Gasteiger charge is -2.36. The molecule has 7 nitrogen and oxygen atoms in total. The topological polar surface area (TPSA) is 82.1 Å². The van der Waals surface area contributed by atoms with Crippen molar-refractivity contribution in [1.29, 1.82) is 0 Å². The summed E-state index contributed by atoms with van der Waals surface area (Å²) < 4.78 is 40.4. The third-order valence-corrected chi connectivity index (χ3v) is 14.9. The van der Waals surface area contributed by atoms with Gasteiger partial charge in [0.05, 0.1) is 19.5 Å². The van der Waals surface area contributed by atoms with Gasteiger partial charge in [0.15, 0.2) is 0 Å². The van der Waals surface area contributed by atoms with Crippen molar-refractivity contribution in [2.75, 3.05) is 32.6 Å². The molecule has 0 fully saturated rings. The van der Waals surface area contributed by atoms with Gasteiger partial charge >= 0.3 is 5.97 Å². The summed E-state index contributed by atoms with van der Waals surface area (Å²) in [5.74, 6) is 1.30. The first-order valence-electron chi connectivity index (χ1n) is 19.7. The van der Waals surface area contributed by atoms with E-state index in [0.717, 1.165) is 43.4 Å². The maximum Gasteiger partial charge on any atom is 0.305 e. The highest BCUT2D eigenvalue weighted by molar-refractivity contribution is 7.85. The smallest absolute Gasteiger partial charge is 0.305 e. The number of ether oxygens (including phenoxy) is 1. The fourth-order valence-electron chi connectivity index (χ4n) is 5.76. The van der Waals surface area contributed by atoms with Gasteiger partial charge in [-0.2, -0.15) is 8.42 Å². The molecule has 0 saturated heterocycles. The maximum absolute atomic E-state index is 12.7. The second-order valence-corrected chi connectivity index (χ2v) is 22.1. The van der Waals surface area contributed by atoms with Crippen LogP contribution in [0, 0.1) is 5.92 Å². The van der Waals surface area contributed by atoms with Crippen molar-refractivity contribution in [1.82, 2.24) is 4.90 Å². The highest BCUT2D eigenvalue weighted by atomic mass is 32.2. The van der Waals surface area contributed by atoms with Crippen molar-refractivity contribution in [2.24, 2.45) is 5.92 Å². The van der Waals surface area contributed by atoms with E-state index in [0.29, 0.717) is 32.0 Å². The lowest BCUT2D eigenvalue weighted by Crippen LogP contribution is -2.43. The number of carbonyl (C=O) groups is 1. The Labute approximate surface area is 303 Å². The molecule has 9 heteroatoms. The van der Waals surface area contributed by atoms with E-state index >= 15 is 0 Å². The van der Waals surface area contributed by atoms with Gasteiger partial charge in [-0.25, -0.2) is 0 Å². The molecule has 1 aromatic rings. The number of hydrogen-bond acceptors (Lipinski definition) is 7. The van der Waals surface area contributed by atoms with Crippen molar-refractivity contribution < 1.29 is 26.6 Å². The van der Waals surface area contributed by atoms with Gasteiger partial charge in [0, 0.05) is 19.5 Å². The van der Waals surface area contributed by atoms with Crippen molar-refractivity contribution >= 4 is 24.4 Å². The van der Waals surface area contributed by atoms with Gasteiger partial charge in [-0.15, -0.1) is 0 Å². The van der Waals surface area contributed by atoms with Gasteiger partial charge in [-0.3, -0.25) is 13.9 Å². The molecule has 0 bridgehead atoms. The summed E-state index contributed by atoms with van der Waals surface area (Å²) in [7, 11) is -5.40. The quantitative estimate of drug-likeness (QED) is 0.0338. The summed E-state index contributed by atoms with van der Waals surface area (Å²) in [4.78, 5) is 14.9. The third kappa shape index (κ3) is 23.6. The zero-order valence-corrected chi connectivity index (χ0v) is 34.8. The van der Waals surface area contributed by atoms with Crippen LogP contribution in [-0.2, 0) is 30.4 Å². The van der Waals surface area contributed by atoms with E-state index in [9.17, 15) is 13.2 Å². The summed E-state index contributed by atoms with van der Waals surface area (Å²) in [5, 5.41) is 0.127. The predicted molar refractivity (Wildman–Crippen MR) is 209 cm³/mol. The normalized spacial score (nSPS) is 12.6. The first-order valence-corrected chi connectivity index (χ1v) is 24.4. The van der Waals surface area contributed by atoms with Crippen molar-refractivity contribution in [2.45, 2.75) is 175 Å². The average Bonchev–Trinajstić information content (AvgIpc) is 3.02. The molecule has 0 aliphatic rings. The zero-order valence-electron chi connectivity index (χ0n) is 33.0. The summed E-state index contributed by atoms with van der Waals surface area (Å²) in [6, 6.07) is 8.26.